The van der Waals surface area contributed by atoms with Gasteiger partial charge in [0.15, 0.2) is 0 Å². The molecule has 0 amide bonds. The van der Waals surface area contributed by atoms with Gasteiger partial charge in [-0.2, -0.15) is 0 Å². The van der Waals surface area contributed by atoms with Crippen LogP contribution in [0, 0.1) is 0 Å². The van der Waals surface area contributed by atoms with E-state index in [4.69, 9.17) is 11.6 Å². The molecule has 1 aliphatic carbocycles. The fourth-order valence-corrected chi connectivity index (χ4v) is 2.87. The highest BCUT2D eigenvalue weighted by atomic mass is 35.5. The molecule has 0 bridgehead atoms. The molecule has 1 unspecified atom stereocenters. The van der Waals surface area contributed by atoms with Gasteiger partial charge in [0.1, 0.15) is 5.78 Å². The predicted molar refractivity (Wildman–Crippen MR) is 89.8 cm³/mol. The van der Waals surface area contributed by atoms with Gasteiger partial charge in [-0.25, -0.2) is 0 Å². The summed E-state index contributed by atoms with van der Waals surface area (Å²) in [5.74, 6) is 0.412. The van der Waals surface area contributed by atoms with Crippen LogP contribution in [0.5, 0.6) is 0 Å². The number of Topliss-reactive ketones (excluding diaryl/α,β-unsaturated/α-hetero) is 1. The highest BCUT2D eigenvalue weighted by Gasteiger charge is 2.21. The number of allylic oxidation sites excluding steroid dienone is 2. The average Bonchev–Trinajstić information content (AvgIpc) is 2.54. The van der Waals surface area contributed by atoms with Crippen molar-refractivity contribution >= 4 is 17.4 Å². The molecule has 2 aromatic carbocycles. The first-order valence-corrected chi connectivity index (χ1v) is 7.84. The lowest BCUT2D eigenvalue weighted by atomic mass is 9.87. The summed E-state index contributed by atoms with van der Waals surface area (Å²) in [4.78, 5) is 12.0. The van der Waals surface area contributed by atoms with Crippen LogP contribution >= 0.6 is 11.6 Å². The second-order valence-electron chi connectivity index (χ2n) is 5.61. The molecular formula is C19H18ClNO. The summed E-state index contributed by atoms with van der Waals surface area (Å²) >= 11 is 5.93. The van der Waals surface area contributed by atoms with Crippen molar-refractivity contribution in [1.29, 1.82) is 0 Å². The normalized spacial score (nSPS) is 18.0. The Hall–Kier alpha value is -2.06. The van der Waals surface area contributed by atoms with E-state index in [0.717, 1.165) is 22.8 Å². The number of halogens is 1. The van der Waals surface area contributed by atoms with E-state index in [2.05, 4.69) is 23.5 Å². The van der Waals surface area contributed by atoms with E-state index in [0.29, 0.717) is 12.8 Å². The van der Waals surface area contributed by atoms with Crippen molar-refractivity contribution in [2.75, 3.05) is 0 Å². The van der Waals surface area contributed by atoms with E-state index in [1.807, 2.05) is 42.5 Å². The summed E-state index contributed by atoms with van der Waals surface area (Å²) in [5.41, 5.74) is 3.36. The minimum Gasteiger partial charge on any atom is -0.384 e. The Bertz CT molecular complexity index is 676. The summed E-state index contributed by atoms with van der Waals surface area (Å²) < 4.78 is 0. The van der Waals surface area contributed by atoms with Crippen LogP contribution in [-0.2, 0) is 11.3 Å². The van der Waals surface area contributed by atoms with E-state index >= 15 is 0 Å². The molecule has 112 valence electrons. The Morgan fingerprint density at radius 2 is 1.77 bits per heavy atom. The third kappa shape index (κ3) is 3.77. The molecule has 2 nitrogen and oxygen atoms in total. The molecule has 0 saturated carbocycles. The second-order valence-corrected chi connectivity index (χ2v) is 6.05. The molecule has 0 fully saturated rings. The van der Waals surface area contributed by atoms with Crippen LogP contribution in [0.4, 0.5) is 0 Å². The van der Waals surface area contributed by atoms with Crippen LogP contribution in [0.3, 0.4) is 0 Å². The molecule has 0 aliphatic heterocycles. The molecule has 0 spiro atoms. The summed E-state index contributed by atoms with van der Waals surface area (Å²) in [6.45, 7) is 0.743. The molecule has 3 rings (SSSR count). The molecule has 22 heavy (non-hydrogen) atoms. The fraction of sp³-hybridized carbons (Fsp3) is 0.211. The smallest absolute Gasteiger partial charge is 0.139 e. The number of ketones is 1. The monoisotopic (exact) mass is 311 g/mol. The quantitative estimate of drug-likeness (QED) is 0.903. The first kappa shape index (κ1) is 14.9. The van der Waals surface area contributed by atoms with Gasteiger partial charge in [0.25, 0.3) is 0 Å². The molecule has 0 heterocycles. The van der Waals surface area contributed by atoms with E-state index in [1.165, 1.54) is 5.56 Å². The minimum absolute atomic E-state index is 0.136. The molecule has 0 radical (unpaired) electrons. The summed E-state index contributed by atoms with van der Waals surface area (Å²) in [6, 6.07) is 17.9. The number of hydrogen-bond donors (Lipinski definition) is 1. The van der Waals surface area contributed by atoms with E-state index < -0.39 is 0 Å². The SMILES string of the molecule is O=C1CC(NCc2ccccc2)=CC(c2ccc(Cl)cc2)C1. The lowest BCUT2D eigenvalue weighted by molar-refractivity contribution is -0.119. The molecule has 1 atom stereocenters. The molecule has 3 heteroatoms. The molecular weight excluding hydrogens is 294 g/mol. The van der Waals surface area contributed by atoms with Crippen LogP contribution in [0.2, 0.25) is 5.02 Å². The minimum atomic E-state index is 0.136. The lowest BCUT2D eigenvalue weighted by Gasteiger charge is -2.22. The van der Waals surface area contributed by atoms with Gasteiger partial charge in [0, 0.05) is 36.0 Å². The zero-order chi connectivity index (χ0) is 15.4. The zero-order valence-corrected chi connectivity index (χ0v) is 13.0. The summed E-state index contributed by atoms with van der Waals surface area (Å²) in [6.07, 6.45) is 3.24. The Morgan fingerprint density at radius 1 is 1.05 bits per heavy atom. The van der Waals surface area contributed by atoms with Gasteiger partial charge in [0.05, 0.1) is 0 Å². The maximum Gasteiger partial charge on any atom is 0.139 e. The third-order valence-corrected chi connectivity index (χ3v) is 4.15. The number of carbonyl (C=O) groups is 1. The topological polar surface area (TPSA) is 29.1 Å². The molecule has 1 aliphatic rings. The Morgan fingerprint density at radius 3 is 2.50 bits per heavy atom. The first-order chi connectivity index (χ1) is 10.7. The molecule has 0 saturated heterocycles. The van der Waals surface area contributed by atoms with Crippen molar-refractivity contribution in [2.24, 2.45) is 0 Å². The van der Waals surface area contributed by atoms with Gasteiger partial charge in [-0.05, 0) is 23.3 Å². The van der Waals surface area contributed by atoms with E-state index in [9.17, 15) is 4.79 Å². The Balaban J connectivity index is 1.72. The Labute approximate surface area is 135 Å². The average molecular weight is 312 g/mol. The second kappa shape index (κ2) is 6.80. The van der Waals surface area contributed by atoms with Crippen LogP contribution in [-0.4, -0.2) is 5.78 Å². The number of benzene rings is 2. The van der Waals surface area contributed by atoms with Gasteiger partial charge in [-0.3, -0.25) is 4.79 Å². The van der Waals surface area contributed by atoms with Crippen molar-refractivity contribution in [1.82, 2.24) is 5.32 Å². The van der Waals surface area contributed by atoms with Gasteiger partial charge in [-0.1, -0.05) is 60.1 Å². The van der Waals surface area contributed by atoms with E-state index in [1.54, 1.807) is 0 Å². The Kier molecular flexibility index (Phi) is 4.59. The maximum atomic E-state index is 12.0. The maximum absolute atomic E-state index is 12.0. The van der Waals surface area contributed by atoms with Crippen molar-refractivity contribution in [3.8, 4) is 0 Å². The standard InChI is InChI=1S/C19H18ClNO/c20-17-8-6-15(7-9-17)16-10-18(12-19(22)11-16)21-13-14-4-2-1-3-5-14/h1-10,16,21H,11-13H2. The number of nitrogens with one attached hydrogen (secondary N) is 1. The van der Waals surface area contributed by atoms with Gasteiger partial charge in [-0.15, -0.1) is 0 Å². The summed E-state index contributed by atoms with van der Waals surface area (Å²) in [5, 5.41) is 4.11. The van der Waals surface area contributed by atoms with Crippen molar-refractivity contribution < 1.29 is 4.79 Å². The van der Waals surface area contributed by atoms with E-state index in [-0.39, 0.29) is 11.7 Å². The van der Waals surface area contributed by atoms with Crippen LogP contribution in [0.1, 0.15) is 29.9 Å². The highest BCUT2D eigenvalue weighted by Crippen LogP contribution is 2.29. The summed E-state index contributed by atoms with van der Waals surface area (Å²) in [7, 11) is 0. The van der Waals surface area contributed by atoms with Crippen molar-refractivity contribution in [3.63, 3.8) is 0 Å². The fourth-order valence-electron chi connectivity index (χ4n) is 2.75. The number of carbonyl (C=O) groups excluding carboxylic acids is 1. The third-order valence-electron chi connectivity index (χ3n) is 3.90. The van der Waals surface area contributed by atoms with Crippen molar-refractivity contribution in [3.05, 3.63) is 82.5 Å². The van der Waals surface area contributed by atoms with Crippen LogP contribution in [0.25, 0.3) is 0 Å². The molecule has 1 N–H and O–H groups in total. The molecule has 2 aromatic rings. The predicted octanol–water partition coefficient (Wildman–Crippen LogP) is 4.46. The van der Waals surface area contributed by atoms with Gasteiger partial charge >= 0.3 is 0 Å². The van der Waals surface area contributed by atoms with Crippen LogP contribution < -0.4 is 5.32 Å². The highest BCUT2D eigenvalue weighted by molar-refractivity contribution is 6.30. The van der Waals surface area contributed by atoms with Gasteiger partial charge < -0.3 is 5.32 Å². The number of rotatable bonds is 4. The zero-order valence-electron chi connectivity index (χ0n) is 12.3. The van der Waals surface area contributed by atoms with Crippen LogP contribution in [0.15, 0.2) is 66.4 Å². The largest absolute Gasteiger partial charge is 0.384 e. The van der Waals surface area contributed by atoms with Crippen molar-refractivity contribution in [2.45, 2.75) is 25.3 Å². The van der Waals surface area contributed by atoms with Gasteiger partial charge in [0.2, 0.25) is 0 Å². The first-order valence-electron chi connectivity index (χ1n) is 7.46. The number of hydrogen-bond acceptors (Lipinski definition) is 2. The lowest BCUT2D eigenvalue weighted by Crippen LogP contribution is -2.22. The molecule has 0 aromatic heterocycles.